The van der Waals surface area contributed by atoms with E-state index < -0.39 is 0 Å². The van der Waals surface area contributed by atoms with E-state index >= 15 is 0 Å². The predicted molar refractivity (Wildman–Crippen MR) is 55.5 cm³/mol. The van der Waals surface area contributed by atoms with Gasteiger partial charge in [0.05, 0.1) is 18.2 Å². The summed E-state index contributed by atoms with van der Waals surface area (Å²) in [5.41, 5.74) is 0.0896. The molecule has 0 aromatic carbocycles. The predicted octanol–water partition coefficient (Wildman–Crippen LogP) is 2.48. The van der Waals surface area contributed by atoms with Gasteiger partial charge in [-0.25, -0.2) is 0 Å². The summed E-state index contributed by atoms with van der Waals surface area (Å²) < 4.78 is 5.57. The largest absolute Gasteiger partial charge is 0.372 e. The van der Waals surface area contributed by atoms with Crippen molar-refractivity contribution in [2.24, 2.45) is 5.92 Å². The van der Waals surface area contributed by atoms with E-state index in [1.165, 1.54) is 6.42 Å². The van der Waals surface area contributed by atoms with Gasteiger partial charge in [-0.3, -0.25) is 4.90 Å². The van der Waals surface area contributed by atoms with Crippen LogP contribution in [0, 0.1) is 12.5 Å². The Morgan fingerprint density at radius 3 is 2.69 bits per heavy atom. The summed E-state index contributed by atoms with van der Waals surface area (Å²) in [4.78, 5) is 2.02. The Bertz CT molecular complexity index is 144. The third-order valence-electron chi connectivity index (χ3n) is 2.47. The third kappa shape index (κ3) is 3.84. The lowest BCUT2D eigenvalue weighted by Crippen LogP contribution is -2.30. The topological polar surface area (TPSA) is 12.5 Å². The first kappa shape index (κ1) is 11.3. The van der Waals surface area contributed by atoms with Crippen LogP contribution in [-0.2, 0) is 4.74 Å². The van der Waals surface area contributed by atoms with Crippen LogP contribution in [0.3, 0.4) is 0 Å². The highest BCUT2D eigenvalue weighted by Crippen LogP contribution is 2.25. The van der Waals surface area contributed by atoms with Gasteiger partial charge in [0.1, 0.15) is 0 Å². The zero-order valence-electron chi connectivity index (χ0n) is 8.66. The van der Waals surface area contributed by atoms with Crippen molar-refractivity contribution in [2.75, 3.05) is 14.1 Å². The van der Waals surface area contributed by atoms with Crippen LogP contribution < -0.4 is 0 Å². The second-order valence-electron chi connectivity index (χ2n) is 4.08. The minimum absolute atomic E-state index is 0.0896. The third-order valence-corrected chi connectivity index (χ3v) is 3.03. The van der Waals surface area contributed by atoms with Gasteiger partial charge in [-0.05, 0) is 32.9 Å². The number of halogens is 1. The van der Waals surface area contributed by atoms with Gasteiger partial charge in [-0.1, -0.05) is 6.92 Å². The first-order valence-electron chi connectivity index (χ1n) is 4.89. The minimum atomic E-state index is 0.0896. The number of rotatable bonds is 3. The van der Waals surface area contributed by atoms with Gasteiger partial charge in [-0.2, -0.15) is 0 Å². The first-order valence-corrected chi connectivity index (χ1v) is 5.32. The quantitative estimate of drug-likeness (QED) is 0.518. The van der Waals surface area contributed by atoms with Crippen molar-refractivity contribution in [1.82, 2.24) is 4.90 Å². The summed E-state index contributed by atoms with van der Waals surface area (Å²) >= 11 is 6.12. The first-order chi connectivity index (χ1) is 6.09. The van der Waals surface area contributed by atoms with Gasteiger partial charge in [0.2, 0.25) is 0 Å². The summed E-state index contributed by atoms with van der Waals surface area (Å²) in [5.74, 6) is 0.601. The fraction of sp³-hybridized carbons (Fsp3) is 0.900. The van der Waals surface area contributed by atoms with Gasteiger partial charge in [0.15, 0.2) is 0 Å². The molecule has 3 heteroatoms. The molecule has 1 aliphatic heterocycles. The molecule has 1 radical (unpaired) electrons. The maximum absolute atomic E-state index is 6.12. The number of ether oxygens (including phenoxy) is 1. The Balaban J connectivity index is 2.22. The molecule has 3 unspecified atom stereocenters. The fourth-order valence-corrected chi connectivity index (χ4v) is 1.63. The molecule has 1 rings (SSSR count). The van der Waals surface area contributed by atoms with Crippen molar-refractivity contribution in [2.45, 2.75) is 37.8 Å². The standard InChI is InChI=1S/C10H19ClNO/c1-8-4-5-9(13-7-8)6-10(11)12(2)3/h7-10H,4-6H2,1-3H3. The average Bonchev–Trinajstić information content (AvgIpc) is 2.08. The molecule has 77 valence electrons. The molecule has 2 nitrogen and oxygen atoms in total. The van der Waals surface area contributed by atoms with Crippen molar-refractivity contribution in [3.8, 4) is 0 Å². The molecule has 0 amide bonds. The summed E-state index contributed by atoms with van der Waals surface area (Å²) in [6, 6.07) is 0. The van der Waals surface area contributed by atoms with Gasteiger partial charge in [0.25, 0.3) is 0 Å². The molecule has 0 aromatic heterocycles. The Kier molecular flexibility index (Phi) is 4.50. The Morgan fingerprint density at radius 2 is 2.23 bits per heavy atom. The molecule has 0 saturated carbocycles. The van der Waals surface area contributed by atoms with Crippen LogP contribution in [0.2, 0.25) is 0 Å². The monoisotopic (exact) mass is 204 g/mol. The van der Waals surface area contributed by atoms with Gasteiger partial charge in [0, 0.05) is 6.42 Å². The van der Waals surface area contributed by atoms with Crippen LogP contribution >= 0.6 is 11.6 Å². The molecule has 13 heavy (non-hydrogen) atoms. The molecule has 1 fully saturated rings. The summed E-state index contributed by atoms with van der Waals surface area (Å²) in [7, 11) is 3.99. The number of hydrogen-bond acceptors (Lipinski definition) is 2. The molecule has 0 bridgehead atoms. The molecule has 0 aliphatic carbocycles. The van der Waals surface area contributed by atoms with E-state index in [1.807, 2.05) is 25.6 Å². The maximum atomic E-state index is 6.12. The van der Waals surface area contributed by atoms with E-state index in [-0.39, 0.29) is 5.50 Å². The van der Waals surface area contributed by atoms with E-state index in [9.17, 15) is 0 Å². The molecule has 3 atom stereocenters. The Hall–Kier alpha value is 0.210. The molecule has 0 spiro atoms. The van der Waals surface area contributed by atoms with E-state index in [0.717, 1.165) is 12.8 Å². The number of alkyl halides is 1. The second-order valence-corrected chi connectivity index (χ2v) is 4.59. The summed E-state index contributed by atoms with van der Waals surface area (Å²) in [6.07, 6.45) is 3.59. The Morgan fingerprint density at radius 1 is 1.54 bits per heavy atom. The molecule has 1 saturated heterocycles. The normalized spacial score (nSPS) is 32.1. The highest BCUT2D eigenvalue weighted by Gasteiger charge is 2.22. The lowest BCUT2D eigenvalue weighted by molar-refractivity contribution is 0.0275. The Labute approximate surface area is 86.2 Å². The van der Waals surface area contributed by atoms with Crippen LogP contribution in [-0.4, -0.2) is 30.6 Å². The van der Waals surface area contributed by atoms with E-state index in [4.69, 9.17) is 16.3 Å². The van der Waals surface area contributed by atoms with Gasteiger partial charge >= 0.3 is 0 Å². The lowest BCUT2D eigenvalue weighted by Gasteiger charge is -2.29. The van der Waals surface area contributed by atoms with Crippen LogP contribution in [0.5, 0.6) is 0 Å². The van der Waals surface area contributed by atoms with Crippen molar-refractivity contribution in [3.05, 3.63) is 6.61 Å². The fourth-order valence-electron chi connectivity index (χ4n) is 1.43. The van der Waals surface area contributed by atoms with Crippen LogP contribution in [0.4, 0.5) is 0 Å². The summed E-state index contributed by atoms with van der Waals surface area (Å²) in [6.45, 7) is 4.13. The highest BCUT2D eigenvalue weighted by molar-refractivity contribution is 6.20. The van der Waals surface area contributed by atoms with Crippen molar-refractivity contribution in [1.29, 1.82) is 0 Å². The van der Waals surface area contributed by atoms with Crippen molar-refractivity contribution >= 4 is 11.6 Å². The molecule has 0 N–H and O–H groups in total. The molecular formula is C10H19ClNO. The van der Waals surface area contributed by atoms with E-state index in [2.05, 4.69) is 6.92 Å². The van der Waals surface area contributed by atoms with E-state index in [1.54, 1.807) is 0 Å². The zero-order valence-corrected chi connectivity index (χ0v) is 9.42. The lowest BCUT2D eigenvalue weighted by atomic mass is 9.99. The van der Waals surface area contributed by atoms with Crippen LogP contribution in [0.1, 0.15) is 26.2 Å². The van der Waals surface area contributed by atoms with Gasteiger partial charge < -0.3 is 4.74 Å². The van der Waals surface area contributed by atoms with Crippen LogP contribution in [0.25, 0.3) is 0 Å². The van der Waals surface area contributed by atoms with Crippen molar-refractivity contribution < 1.29 is 4.74 Å². The molecule has 1 heterocycles. The highest BCUT2D eigenvalue weighted by atomic mass is 35.5. The van der Waals surface area contributed by atoms with Crippen molar-refractivity contribution in [3.63, 3.8) is 0 Å². The number of hydrogen-bond donors (Lipinski definition) is 0. The van der Waals surface area contributed by atoms with E-state index in [0.29, 0.717) is 12.0 Å². The maximum Gasteiger partial charge on any atom is 0.0870 e. The zero-order chi connectivity index (χ0) is 9.84. The minimum Gasteiger partial charge on any atom is -0.372 e. The molecular weight excluding hydrogens is 186 g/mol. The smallest absolute Gasteiger partial charge is 0.0870 e. The molecule has 1 aliphatic rings. The van der Waals surface area contributed by atoms with Gasteiger partial charge in [-0.15, -0.1) is 11.6 Å². The van der Waals surface area contributed by atoms with Crippen LogP contribution in [0.15, 0.2) is 0 Å². The average molecular weight is 205 g/mol. The summed E-state index contributed by atoms with van der Waals surface area (Å²) in [5, 5.41) is 0. The number of nitrogens with zero attached hydrogens (tertiary/aromatic N) is 1. The molecule has 0 aromatic rings. The SMILES string of the molecule is CC1[CH]OC(CC(Cl)N(C)C)CC1. The second kappa shape index (κ2) is 5.18.